The molecule has 0 aliphatic carbocycles. The molecular formula is C28H41N7O3. The van der Waals surface area contributed by atoms with Gasteiger partial charge in [0.1, 0.15) is 23.4 Å². The lowest BCUT2D eigenvalue weighted by Crippen LogP contribution is -2.45. The number of aliphatic imine (C=N–C) groups is 1. The second-order valence-corrected chi connectivity index (χ2v) is 8.58. The lowest BCUT2D eigenvalue weighted by molar-refractivity contribution is -0.135. The Morgan fingerprint density at radius 1 is 1.24 bits per heavy atom. The Morgan fingerprint density at radius 3 is 2.50 bits per heavy atom. The number of ether oxygens (including phenoxy) is 1. The summed E-state index contributed by atoms with van der Waals surface area (Å²) in [7, 11) is 8.77. The summed E-state index contributed by atoms with van der Waals surface area (Å²) in [5, 5.41) is 8.95. The molecule has 0 heterocycles. The molecule has 5 N–H and O–H groups in total. The van der Waals surface area contributed by atoms with Gasteiger partial charge in [0.15, 0.2) is 0 Å². The van der Waals surface area contributed by atoms with Crippen molar-refractivity contribution in [1.29, 1.82) is 0 Å². The largest absolute Gasteiger partial charge is 0.497 e. The van der Waals surface area contributed by atoms with Crippen LogP contribution in [0.2, 0.25) is 0 Å². The number of anilines is 1. The van der Waals surface area contributed by atoms with Crippen molar-refractivity contribution in [3.05, 3.63) is 60.6 Å². The SMILES string of the molecule is C=C(N=C(Nc1ccc(OC)cc1)/C(C#CCCCNC(=O)[C@H](C)N(C)C(=O)/C=C/CN(C)C)=C\N)NC. The van der Waals surface area contributed by atoms with Gasteiger partial charge in [-0.25, -0.2) is 4.99 Å². The molecule has 1 aromatic carbocycles. The second kappa shape index (κ2) is 17.3. The quantitative estimate of drug-likeness (QED) is 0.102. The monoisotopic (exact) mass is 523 g/mol. The first-order valence-electron chi connectivity index (χ1n) is 12.3. The number of rotatable bonds is 13. The number of likely N-dealkylation sites (N-methyl/N-ethyl adjacent to an activating group) is 2. The molecular weight excluding hydrogens is 482 g/mol. The van der Waals surface area contributed by atoms with Gasteiger partial charge in [-0.05, 0) is 51.7 Å². The molecule has 1 atom stereocenters. The summed E-state index contributed by atoms with van der Waals surface area (Å²) in [6.45, 7) is 6.63. The van der Waals surface area contributed by atoms with Gasteiger partial charge in [0.2, 0.25) is 11.8 Å². The molecule has 10 nitrogen and oxygen atoms in total. The number of unbranched alkanes of at least 4 members (excludes halogenated alkanes) is 1. The Labute approximate surface area is 226 Å². The maximum Gasteiger partial charge on any atom is 0.246 e. The van der Waals surface area contributed by atoms with E-state index in [1.165, 1.54) is 17.2 Å². The van der Waals surface area contributed by atoms with Crippen molar-refractivity contribution in [2.45, 2.75) is 25.8 Å². The average Bonchev–Trinajstić information content (AvgIpc) is 2.91. The van der Waals surface area contributed by atoms with Crippen LogP contribution in [0.5, 0.6) is 5.75 Å². The average molecular weight is 524 g/mol. The zero-order chi connectivity index (χ0) is 28.5. The number of nitrogens with two attached hydrogens (primary N) is 1. The van der Waals surface area contributed by atoms with E-state index < -0.39 is 6.04 Å². The Morgan fingerprint density at radius 2 is 1.92 bits per heavy atom. The molecule has 0 aromatic heterocycles. The summed E-state index contributed by atoms with van der Waals surface area (Å²) in [6, 6.07) is 6.77. The zero-order valence-corrected chi connectivity index (χ0v) is 23.3. The van der Waals surface area contributed by atoms with Gasteiger partial charge in [0.25, 0.3) is 0 Å². The molecule has 0 saturated carbocycles. The second-order valence-electron chi connectivity index (χ2n) is 8.58. The van der Waals surface area contributed by atoms with Gasteiger partial charge >= 0.3 is 0 Å². The van der Waals surface area contributed by atoms with Crippen LogP contribution in [-0.4, -0.2) is 81.9 Å². The predicted octanol–water partition coefficient (Wildman–Crippen LogP) is 1.90. The number of amidine groups is 1. The van der Waals surface area contributed by atoms with Crippen LogP contribution in [0.3, 0.4) is 0 Å². The van der Waals surface area contributed by atoms with Crippen LogP contribution in [0.15, 0.2) is 65.6 Å². The number of hydrogen-bond donors (Lipinski definition) is 4. The van der Waals surface area contributed by atoms with Gasteiger partial charge in [-0.3, -0.25) is 9.59 Å². The zero-order valence-electron chi connectivity index (χ0n) is 23.3. The maximum atomic E-state index is 12.4. The van der Waals surface area contributed by atoms with Crippen molar-refractivity contribution in [2.24, 2.45) is 10.7 Å². The highest BCUT2D eigenvalue weighted by molar-refractivity contribution is 6.11. The van der Waals surface area contributed by atoms with Crippen molar-refractivity contribution in [3.8, 4) is 17.6 Å². The van der Waals surface area contributed by atoms with E-state index >= 15 is 0 Å². The fourth-order valence-corrected chi connectivity index (χ4v) is 2.88. The molecule has 0 aliphatic heterocycles. The van der Waals surface area contributed by atoms with Gasteiger partial charge < -0.3 is 36.2 Å². The molecule has 0 bridgehead atoms. The first-order valence-corrected chi connectivity index (χ1v) is 12.3. The van der Waals surface area contributed by atoms with Crippen LogP contribution in [0.1, 0.15) is 19.8 Å². The third-order valence-electron chi connectivity index (χ3n) is 5.35. The fourth-order valence-electron chi connectivity index (χ4n) is 2.88. The van der Waals surface area contributed by atoms with E-state index in [4.69, 9.17) is 10.5 Å². The summed E-state index contributed by atoms with van der Waals surface area (Å²) in [6.07, 6.45) is 5.79. The first kappa shape index (κ1) is 31.8. The Hall–Kier alpha value is -4.23. The minimum absolute atomic E-state index is 0.219. The van der Waals surface area contributed by atoms with Gasteiger partial charge in [-0.1, -0.05) is 24.5 Å². The number of nitrogens with zero attached hydrogens (tertiary/aromatic N) is 3. The minimum Gasteiger partial charge on any atom is -0.497 e. The molecule has 38 heavy (non-hydrogen) atoms. The van der Waals surface area contributed by atoms with Crippen LogP contribution >= 0.6 is 0 Å². The number of hydrogen-bond acceptors (Lipinski definition) is 7. The number of amides is 2. The van der Waals surface area contributed by atoms with E-state index in [0.29, 0.717) is 43.2 Å². The molecule has 10 heteroatoms. The Kier molecular flexibility index (Phi) is 14.4. The molecule has 206 valence electrons. The molecule has 1 aromatic rings. The molecule has 0 radical (unpaired) electrons. The Bertz CT molecular complexity index is 1080. The molecule has 0 fully saturated rings. The van der Waals surface area contributed by atoms with Crippen molar-refractivity contribution in [1.82, 2.24) is 20.4 Å². The van der Waals surface area contributed by atoms with Gasteiger partial charge in [-0.2, -0.15) is 0 Å². The summed E-state index contributed by atoms with van der Waals surface area (Å²) < 4.78 is 5.20. The van der Waals surface area contributed by atoms with E-state index in [0.717, 1.165) is 11.4 Å². The van der Waals surface area contributed by atoms with Gasteiger partial charge in [-0.15, -0.1) is 0 Å². The maximum absolute atomic E-state index is 12.4. The molecule has 0 saturated heterocycles. The van der Waals surface area contributed by atoms with Crippen LogP contribution in [0, 0.1) is 11.8 Å². The van der Waals surface area contributed by atoms with Gasteiger partial charge in [0, 0.05) is 51.6 Å². The summed E-state index contributed by atoms with van der Waals surface area (Å²) in [4.78, 5) is 32.5. The topological polar surface area (TPSA) is 124 Å². The first-order chi connectivity index (χ1) is 18.1. The molecule has 0 unspecified atom stereocenters. The van der Waals surface area contributed by atoms with E-state index in [-0.39, 0.29) is 11.8 Å². The van der Waals surface area contributed by atoms with E-state index in [9.17, 15) is 9.59 Å². The minimum atomic E-state index is -0.590. The molecule has 2 amide bonds. The Balaban J connectivity index is 2.67. The highest BCUT2D eigenvalue weighted by atomic mass is 16.5. The fraction of sp³-hybridized carbons (Fsp3) is 0.393. The van der Waals surface area contributed by atoms with Crippen LogP contribution in [-0.2, 0) is 9.59 Å². The van der Waals surface area contributed by atoms with Crippen molar-refractivity contribution < 1.29 is 14.3 Å². The predicted molar refractivity (Wildman–Crippen MR) is 154 cm³/mol. The number of methoxy groups -OCH3 is 1. The van der Waals surface area contributed by atoms with Crippen LogP contribution in [0.25, 0.3) is 0 Å². The number of carbonyl (C=O) groups excluding carboxylic acids is 2. The lowest BCUT2D eigenvalue weighted by atomic mass is 10.2. The smallest absolute Gasteiger partial charge is 0.246 e. The third-order valence-corrected chi connectivity index (χ3v) is 5.35. The molecule has 1 rings (SSSR count). The highest BCUT2D eigenvalue weighted by Crippen LogP contribution is 2.16. The summed E-state index contributed by atoms with van der Waals surface area (Å²) in [5.74, 6) is 7.29. The summed E-state index contributed by atoms with van der Waals surface area (Å²) >= 11 is 0. The van der Waals surface area contributed by atoms with Gasteiger partial charge in [0.05, 0.1) is 12.7 Å². The number of carbonyl (C=O) groups is 2. The number of nitrogens with one attached hydrogen (secondary N) is 3. The van der Waals surface area contributed by atoms with E-state index in [2.05, 4.69) is 39.4 Å². The number of benzene rings is 1. The third kappa shape index (κ3) is 11.7. The van der Waals surface area contributed by atoms with Crippen molar-refractivity contribution >= 4 is 23.3 Å². The van der Waals surface area contributed by atoms with Crippen LogP contribution in [0.4, 0.5) is 5.69 Å². The van der Waals surface area contributed by atoms with Crippen molar-refractivity contribution in [2.75, 3.05) is 53.7 Å². The van der Waals surface area contributed by atoms with Crippen LogP contribution < -0.4 is 26.4 Å². The van der Waals surface area contributed by atoms with E-state index in [1.807, 2.05) is 43.3 Å². The summed E-state index contributed by atoms with van der Waals surface area (Å²) in [5.41, 5.74) is 7.13. The van der Waals surface area contributed by atoms with Crippen molar-refractivity contribution in [3.63, 3.8) is 0 Å². The van der Waals surface area contributed by atoms with E-state index in [1.54, 1.807) is 34.2 Å². The molecule has 0 aliphatic rings. The lowest BCUT2D eigenvalue weighted by Gasteiger charge is -2.23. The normalized spacial score (nSPS) is 12.4. The molecule has 0 spiro atoms. The standard InChI is InChI=1S/C28H41N7O3/c1-21(35(6)26(36)13-11-19-34(4)5)28(37)31-18-10-8-9-12-23(20-29)27(32-22(2)30-3)33-24-14-16-25(38-7)17-15-24/h11,13-17,20-21,30H,2,8,10,18-19,29H2,1,3-7H3,(H,31,37)(H,32,33)/b13-11+,23-20-/t21-/m0/s1. The highest BCUT2D eigenvalue weighted by Gasteiger charge is 2.20.